The molecule has 2 unspecified atom stereocenters. The number of carboxylic acid groups (broad SMARTS) is 1. The van der Waals surface area contributed by atoms with Gasteiger partial charge < -0.3 is 15.7 Å². The number of hydrogen-bond acceptors (Lipinski definition) is 5. The van der Waals surface area contributed by atoms with Crippen LogP contribution < -0.4 is 21.3 Å². The molecule has 2 spiro atoms. The van der Waals surface area contributed by atoms with Crippen LogP contribution in [0.5, 0.6) is 0 Å². The Hall–Kier alpha value is -3.73. The van der Waals surface area contributed by atoms with Gasteiger partial charge in [-0.15, -0.1) is 0 Å². The van der Waals surface area contributed by atoms with E-state index in [0.29, 0.717) is 25.7 Å². The van der Waals surface area contributed by atoms with Crippen molar-refractivity contribution in [1.29, 1.82) is 0 Å². The maximum Gasteiger partial charge on any atom is 0.335 e. The van der Waals surface area contributed by atoms with Crippen molar-refractivity contribution in [3.8, 4) is 0 Å². The molecule has 34 heavy (non-hydrogen) atoms. The zero-order valence-corrected chi connectivity index (χ0v) is 19.2. The molecule has 0 bridgehead atoms. The minimum Gasteiger partial charge on any atom is -0.478 e. The Kier molecular flexibility index (Phi) is 4.97. The highest BCUT2D eigenvalue weighted by atomic mass is 79.9. The topological polar surface area (TPSA) is 154 Å². The number of urea groups is 2. The van der Waals surface area contributed by atoms with E-state index in [0.717, 1.165) is 26.7 Å². The fourth-order valence-corrected chi connectivity index (χ4v) is 5.42. The van der Waals surface area contributed by atoms with Gasteiger partial charge in [0.1, 0.15) is 11.1 Å². The largest absolute Gasteiger partial charge is 0.478 e. The predicted molar refractivity (Wildman–Crippen MR) is 121 cm³/mol. The van der Waals surface area contributed by atoms with Gasteiger partial charge >= 0.3 is 18.0 Å². The zero-order chi connectivity index (χ0) is 24.3. The van der Waals surface area contributed by atoms with E-state index in [2.05, 4.69) is 37.2 Å². The summed E-state index contributed by atoms with van der Waals surface area (Å²) in [7, 11) is 0. The molecule has 0 aromatic heterocycles. The highest BCUT2D eigenvalue weighted by molar-refractivity contribution is 9.10. The first-order chi connectivity index (χ1) is 16.1. The van der Waals surface area contributed by atoms with Crippen molar-refractivity contribution in [2.75, 3.05) is 0 Å². The molecular formula is C23H19BrN4O6. The first kappa shape index (κ1) is 22.1. The molecule has 0 saturated carbocycles. The molecule has 2 aromatic carbocycles. The number of carboxylic acids is 1. The van der Waals surface area contributed by atoms with Crippen LogP contribution >= 0.6 is 15.9 Å². The molecule has 2 atom stereocenters. The maximum absolute atomic E-state index is 11.8. The van der Waals surface area contributed by atoms with E-state index in [-0.39, 0.29) is 17.4 Å². The molecule has 11 heteroatoms. The van der Waals surface area contributed by atoms with Gasteiger partial charge in [-0.1, -0.05) is 28.1 Å². The third-order valence-electron chi connectivity index (χ3n) is 6.62. The Morgan fingerprint density at radius 2 is 1.21 bits per heavy atom. The van der Waals surface area contributed by atoms with E-state index in [1.54, 1.807) is 12.1 Å². The molecule has 2 saturated heterocycles. The quantitative estimate of drug-likeness (QED) is 0.351. The van der Waals surface area contributed by atoms with Gasteiger partial charge in [0.15, 0.2) is 0 Å². The first-order valence-corrected chi connectivity index (χ1v) is 11.3. The standard InChI is InChI=1S/C12H10N2O4.C11H9BrN2O2/c15-9(16)6-1-2-7-4-12(5-8(7)3-6)10(17)13-11(18)14-12;12-8-2-1-6-4-11(5-7(6)3-8)9(15)13-10(16)14-11/h1-3H,4-5H2,(H,15,16)(H2,13,14,17,18);1-3H,4-5H2,(H2,13,14,15,16). The molecule has 174 valence electrons. The lowest BCUT2D eigenvalue weighted by Gasteiger charge is -2.18. The van der Waals surface area contributed by atoms with Gasteiger partial charge in [-0.05, 0) is 46.5 Å². The zero-order valence-electron chi connectivity index (χ0n) is 17.7. The molecule has 2 aromatic rings. The highest BCUT2D eigenvalue weighted by Gasteiger charge is 2.51. The maximum atomic E-state index is 11.8. The van der Waals surface area contributed by atoms with Crippen LogP contribution in [0.2, 0.25) is 0 Å². The van der Waals surface area contributed by atoms with Gasteiger partial charge in [0.05, 0.1) is 5.56 Å². The number of fused-ring (bicyclic) bond motifs is 2. The minimum atomic E-state index is -1.00. The second-order valence-electron chi connectivity index (χ2n) is 8.89. The fraction of sp³-hybridized carbons (Fsp3) is 0.261. The smallest absolute Gasteiger partial charge is 0.335 e. The molecule has 5 N–H and O–H groups in total. The number of carbonyl (C=O) groups excluding carboxylic acids is 4. The average Bonchev–Trinajstić information content (AvgIpc) is 3.45. The predicted octanol–water partition coefficient (Wildman–Crippen LogP) is 1.19. The van der Waals surface area contributed by atoms with E-state index in [9.17, 15) is 24.0 Å². The summed E-state index contributed by atoms with van der Waals surface area (Å²) in [6, 6.07) is 9.83. The number of halogens is 1. The molecule has 6 amide bonds. The van der Waals surface area contributed by atoms with Crippen molar-refractivity contribution in [2.45, 2.75) is 36.8 Å². The van der Waals surface area contributed by atoms with Crippen LogP contribution in [-0.4, -0.2) is 46.0 Å². The van der Waals surface area contributed by atoms with E-state index in [1.807, 2.05) is 18.2 Å². The number of aromatic carboxylic acids is 1. The van der Waals surface area contributed by atoms with Gasteiger partial charge in [-0.25, -0.2) is 14.4 Å². The minimum absolute atomic E-state index is 0.190. The van der Waals surface area contributed by atoms with Crippen LogP contribution in [0.4, 0.5) is 9.59 Å². The lowest BCUT2D eigenvalue weighted by atomic mass is 9.96. The molecule has 2 aliphatic heterocycles. The number of carbonyl (C=O) groups is 5. The van der Waals surface area contributed by atoms with E-state index in [4.69, 9.17) is 5.11 Å². The summed E-state index contributed by atoms with van der Waals surface area (Å²) in [6.45, 7) is 0. The molecule has 2 fully saturated rings. The van der Waals surface area contributed by atoms with Crippen molar-refractivity contribution >= 4 is 45.8 Å². The third-order valence-corrected chi connectivity index (χ3v) is 7.11. The number of hydrogen-bond donors (Lipinski definition) is 5. The second-order valence-corrected chi connectivity index (χ2v) is 9.81. The van der Waals surface area contributed by atoms with Crippen molar-refractivity contribution in [1.82, 2.24) is 21.3 Å². The van der Waals surface area contributed by atoms with Crippen molar-refractivity contribution in [3.63, 3.8) is 0 Å². The Morgan fingerprint density at radius 3 is 1.68 bits per heavy atom. The van der Waals surface area contributed by atoms with Crippen LogP contribution in [0.1, 0.15) is 32.6 Å². The van der Waals surface area contributed by atoms with Gasteiger partial charge in [0.25, 0.3) is 11.8 Å². The summed E-state index contributed by atoms with van der Waals surface area (Å²) in [5.74, 6) is -1.57. The summed E-state index contributed by atoms with van der Waals surface area (Å²) in [5.41, 5.74) is 2.45. The Morgan fingerprint density at radius 1 is 0.735 bits per heavy atom. The van der Waals surface area contributed by atoms with E-state index >= 15 is 0 Å². The average molecular weight is 527 g/mol. The fourth-order valence-electron chi connectivity index (χ4n) is 5.01. The normalized spacial score (nSPS) is 25.8. The summed E-state index contributed by atoms with van der Waals surface area (Å²) in [5, 5.41) is 18.8. The number of rotatable bonds is 1. The highest BCUT2D eigenvalue weighted by Crippen LogP contribution is 2.34. The molecule has 2 heterocycles. The van der Waals surface area contributed by atoms with Crippen molar-refractivity contribution in [3.05, 3.63) is 68.7 Å². The van der Waals surface area contributed by atoms with Gasteiger partial charge in [0.2, 0.25) is 0 Å². The van der Waals surface area contributed by atoms with Crippen LogP contribution in [0.25, 0.3) is 0 Å². The molecule has 10 nitrogen and oxygen atoms in total. The van der Waals surface area contributed by atoms with Crippen molar-refractivity contribution in [2.24, 2.45) is 0 Å². The molecule has 6 rings (SSSR count). The van der Waals surface area contributed by atoms with Crippen LogP contribution in [0, 0.1) is 0 Å². The van der Waals surface area contributed by atoms with E-state index in [1.165, 1.54) is 6.07 Å². The van der Waals surface area contributed by atoms with Crippen molar-refractivity contribution < 1.29 is 29.1 Å². The van der Waals surface area contributed by atoms with Gasteiger partial charge in [-0.3, -0.25) is 20.2 Å². The first-order valence-electron chi connectivity index (χ1n) is 10.5. The summed E-state index contributed by atoms with van der Waals surface area (Å²) in [4.78, 5) is 56.8. The Bertz CT molecular complexity index is 1310. The SMILES string of the molecule is O=C1NC(=O)C2(Cc3ccc(Br)cc3C2)N1.O=C1NC(=O)C2(Cc3ccc(C(=O)O)cc3C2)N1. The van der Waals surface area contributed by atoms with Crippen LogP contribution in [0.15, 0.2) is 40.9 Å². The number of nitrogens with one attached hydrogen (secondary N) is 4. The second kappa shape index (κ2) is 7.66. The molecule has 2 aliphatic carbocycles. The molecule has 0 radical (unpaired) electrons. The Balaban J connectivity index is 0.000000142. The monoisotopic (exact) mass is 526 g/mol. The number of amides is 6. The molecular weight excluding hydrogens is 508 g/mol. The summed E-state index contributed by atoms with van der Waals surface area (Å²) >= 11 is 3.40. The third kappa shape index (κ3) is 3.61. The number of benzene rings is 2. The van der Waals surface area contributed by atoms with Gasteiger partial charge in [0, 0.05) is 30.2 Å². The molecule has 4 aliphatic rings. The summed E-state index contributed by atoms with van der Waals surface area (Å²) < 4.78 is 0.994. The number of imide groups is 2. The van der Waals surface area contributed by atoms with Crippen LogP contribution in [0.3, 0.4) is 0 Å². The van der Waals surface area contributed by atoms with Gasteiger partial charge in [-0.2, -0.15) is 0 Å². The van der Waals surface area contributed by atoms with E-state index < -0.39 is 29.1 Å². The lowest BCUT2D eigenvalue weighted by molar-refractivity contribution is -0.124. The summed E-state index contributed by atoms with van der Waals surface area (Å²) in [6.07, 6.45) is 1.88. The lowest BCUT2D eigenvalue weighted by Crippen LogP contribution is -2.47. The van der Waals surface area contributed by atoms with Crippen LogP contribution in [-0.2, 0) is 35.3 Å². The Labute approximate surface area is 201 Å².